The molecule has 0 radical (unpaired) electrons. The van der Waals surface area contributed by atoms with Gasteiger partial charge in [0.25, 0.3) is 0 Å². The summed E-state index contributed by atoms with van der Waals surface area (Å²) >= 11 is 0. The molecule has 0 unspecified atom stereocenters. The number of carbonyl (C=O) groups excluding carboxylic acids is 3. The maximum Gasteiger partial charge on any atom is 0.407 e. The third-order valence-corrected chi connectivity index (χ3v) is 3.88. The molecule has 0 aromatic heterocycles. The molecule has 0 aromatic rings. The molecule has 0 aliphatic carbocycles. The van der Waals surface area contributed by atoms with Crippen molar-refractivity contribution in [1.29, 1.82) is 0 Å². The molecular weight excluding hydrogens is 322 g/mol. The van der Waals surface area contributed by atoms with Gasteiger partial charge in [0.15, 0.2) is 0 Å². The molecule has 1 aliphatic rings. The van der Waals surface area contributed by atoms with Crippen molar-refractivity contribution >= 4 is 17.9 Å². The maximum absolute atomic E-state index is 11.8. The van der Waals surface area contributed by atoms with E-state index in [1.54, 1.807) is 27.7 Å². The predicted molar refractivity (Wildman–Crippen MR) is 96.0 cm³/mol. The van der Waals surface area contributed by atoms with Crippen molar-refractivity contribution in [3.05, 3.63) is 12.2 Å². The molecule has 0 atom stereocenters. The van der Waals surface area contributed by atoms with Crippen LogP contribution in [0, 0.1) is 5.92 Å². The average Bonchev–Trinajstić information content (AvgIpc) is 2.51. The lowest BCUT2D eigenvalue weighted by Crippen LogP contribution is -2.42. The fourth-order valence-electron chi connectivity index (χ4n) is 2.55. The Labute approximate surface area is 150 Å². The zero-order chi connectivity index (χ0) is 19.0. The number of rotatable bonds is 6. The van der Waals surface area contributed by atoms with Crippen LogP contribution in [0.15, 0.2) is 12.2 Å². The Hall–Kier alpha value is -2.05. The van der Waals surface area contributed by atoms with E-state index in [2.05, 4.69) is 17.2 Å². The molecule has 3 amide bonds. The van der Waals surface area contributed by atoms with Gasteiger partial charge in [-0.15, -0.1) is 0 Å². The summed E-state index contributed by atoms with van der Waals surface area (Å²) in [5, 5.41) is 5.45. The third kappa shape index (κ3) is 8.56. The minimum atomic E-state index is -0.549. The Kier molecular flexibility index (Phi) is 7.93. The lowest BCUT2D eigenvalue weighted by atomic mass is 9.96. The van der Waals surface area contributed by atoms with Crippen LogP contribution in [0.1, 0.15) is 47.0 Å². The molecule has 1 aliphatic heterocycles. The largest absolute Gasteiger partial charge is 0.444 e. The minimum Gasteiger partial charge on any atom is -0.444 e. The highest BCUT2D eigenvalue weighted by Gasteiger charge is 2.23. The van der Waals surface area contributed by atoms with Crippen LogP contribution in [-0.4, -0.2) is 54.6 Å². The fourth-order valence-corrected chi connectivity index (χ4v) is 2.55. The van der Waals surface area contributed by atoms with Crippen molar-refractivity contribution in [3.63, 3.8) is 0 Å². The van der Waals surface area contributed by atoms with E-state index in [4.69, 9.17) is 4.74 Å². The summed E-state index contributed by atoms with van der Waals surface area (Å²) in [6.45, 7) is 13.0. The van der Waals surface area contributed by atoms with Gasteiger partial charge in [-0.05, 0) is 46.5 Å². The second kappa shape index (κ2) is 9.44. The lowest BCUT2D eigenvalue weighted by molar-refractivity contribution is -0.128. The summed E-state index contributed by atoms with van der Waals surface area (Å²) in [5.74, 6) is 0.282. The smallest absolute Gasteiger partial charge is 0.407 e. The van der Waals surface area contributed by atoms with E-state index in [0.29, 0.717) is 31.1 Å². The molecule has 0 bridgehead atoms. The van der Waals surface area contributed by atoms with Crippen molar-refractivity contribution in [2.75, 3.05) is 26.2 Å². The van der Waals surface area contributed by atoms with Gasteiger partial charge in [0.1, 0.15) is 5.60 Å². The maximum atomic E-state index is 11.8. The Bertz CT molecular complexity index is 503. The van der Waals surface area contributed by atoms with Crippen molar-refractivity contribution in [2.24, 2.45) is 5.92 Å². The predicted octanol–water partition coefficient (Wildman–Crippen LogP) is 1.83. The number of nitrogens with one attached hydrogen (secondary N) is 2. The molecular formula is C18H31N3O4. The Morgan fingerprint density at radius 1 is 1.16 bits per heavy atom. The van der Waals surface area contributed by atoms with Gasteiger partial charge in [-0.2, -0.15) is 0 Å². The number of ether oxygens (including phenoxy) is 1. The summed E-state index contributed by atoms with van der Waals surface area (Å²) in [5.41, 5.74) is 0.0106. The van der Waals surface area contributed by atoms with Crippen LogP contribution in [0.2, 0.25) is 0 Å². The minimum absolute atomic E-state index is 0.00991. The van der Waals surface area contributed by atoms with E-state index in [0.717, 1.165) is 12.8 Å². The monoisotopic (exact) mass is 353 g/mol. The average molecular weight is 353 g/mol. The summed E-state index contributed by atoms with van der Waals surface area (Å²) in [6.07, 6.45) is 1.44. The molecule has 142 valence electrons. The molecule has 1 fully saturated rings. The topological polar surface area (TPSA) is 87.7 Å². The molecule has 2 N–H and O–H groups in total. The first-order chi connectivity index (χ1) is 11.6. The molecule has 1 rings (SSSR count). The van der Waals surface area contributed by atoms with Crippen molar-refractivity contribution < 1.29 is 19.1 Å². The number of hydrogen-bond donors (Lipinski definition) is 2. The summed E-state index contributed by atoms with van der Waals surface area (Å²) < 4.78 is 5.10. The van der Waals surface area contributed by atoms with Gasteiger partial charge in [0.05, 0.1) is 0 Å². The summed E-state index contributed by atoms with van der Waals surface area (Å²) in [4.78, 5) is 37.0. The zero-order valence-electron chi connectivity index (χ0n) is 15.8. The highest BCUT2D eigenvalue weighted by atomic mass is 16.6. The Morgan fingerprint density at radius 2 is 1.76 bits per heavy atom. The Morgan fingerprint density at radius 3 is 2.28 bits per heavy atom. The molecule has 25 heavy (non-hydrogen) atoms. The molecule has 1 saturated heterocycles. The molecule has 7 heteroatoms. The second-order valence-corrected chi connectivity index (χ2v) is 7.50. The van der Waals surface area contributed by atoms with E-state index in [-0.39, 0.29) is 24.8 Å². The Balaban J connectivity index is 2.16. The van der Waals surface area contributed by atoms with Crippen LogP contribution in [0.25, 0.3) is 0 Å². The third-order valence-electron chi connectivity index (χ3n) is 3.88. The standard InChI is InChI=1S/C18H31N3O4/c1-13(2)16(23)21-10-7-14(8-11-21)12-20-15(22)6-9-19-17(24)25-18(3,4)5/h14H,1,6-12H2,2-5H3,(H,19,24)(H,20,22). The number of carbonyl (C=O) groups is 3. The molecule has 1 heterocycles. The van der Waals surface area contributed by atoms with E-state index in [1.807, 2.05) is 4.90 Å². The second-order valence-electron chi connectivity index (χ2n) is 7.50. The lowest BCUT2D eigenvalue weighted by Gasteiger charge is -2.32. The van der Waals surface area contributed by atoms with Crippen molar-refractivity contribution in [1.82, 2.24) is 15.5 Å². The van der Waals surface area contributed by atoms with Crippen LogP contribution in [0.5, 0.6) is 0 Å². The number of alkyl carbamates (subject to hydrolysis) is 1. The molecule has 0 saturated carbocycles. The van der Waals surface area contributed by atoms with E-state index >= 15 is 0 Å². The van der Waals surface area contributed by atoms with Crippen LogP contribution in [-0.2, 0) is 14.3 Å². The SMILES string of the molecule is C=C(C)C(=O)N1CCC(CNC(=O)CCNC(=O)OC(C)(C)C)CC1. The van der Waals surface area contributed by atoms with Gasteiger partial charge in [0.2, 0.25) is 11.8 Å². The number of amides is 3. The fraction of sp³-hybridized carbons (Fsp3) is 0.722. The zero-order valence-corrected chi connectivity index (χ0v) is 15.8. The molecule has 0 aromatic carbocycles. The normalized spacial score (nSPS) is 15.4. The highest BCUT2D eigenvalue weighted by molar-refractivity contribution is 5.92. The quantitative estimate of drug-likeness (QED) is 0.713. The summed E-state index contributed by atoms with van der Waals surface area (Å²) in [7, 11) is 0. The van der Waals surface area contributed by atoms with Crippen molar-refractivity contribution in [2.45, 2.75) is 52.6 Å². The van der Waals surface area contributed by atoms with Gasteiger partial charge < -0.3 is 20.3 Å². The van der Waals surface area contributed by atoms with Gasteiger partial charge in [-0.1, -0.05) is 6.58 Å². The number of piperidine rings is 1. The summed E-state index contributed by atoms with van der Waals surface area (Å²) in [6, 6.07) is 0. The number of hydrogen-bond acceptors (Lipinski definition) is 4. The van der Waals surface area contributed by atoms with Crippen LogP contribution < -0.4 is 10.6 Å². The van der Waals surface area contributed by atoms with Crippen molar-refractivity contribution in [3.8, 4) is 0 Å². The molecule has 0 spiro atoms. The van der Waals surface area contributed by atoms with Crippen LogP contribution in [0.4, 0.5) is 4.79 Å². The van der Waals surface area contributed by atoms with Crippen LogP contribution in [0.3, 0.4) is 0 Å². The van der Waals surface area contributed by atoms with E-state index < -0.39 is 11.7 Å². The first kappa shape index (κ1) is 21.0. The van der Waals surface area contributed by atoms with E-state index in [9.17, 15) is 14.4 Å². The van der Waals surface area contributed by atoms with E-state index in [1.165, 1.54) is 0 Å². The van der Waals surface area contributed by atoms with Gasteiger partial charge in [-0.25, -0.2) is 4.79 Å². The molecule has 7 nitrogen and oxygen atoms in total. The number of nitrogens with zero attached hydrogens (tertiary/aromatic N) is 1. The van der Waals surface area contributed by atoms with Gasteiger partial charge in [0, 0.05) is 38.2 Å². The van der Waals surface area contributed by atoms with Crippen LogP contribution >= 0.6 is 0 Å². The number of likely N-dealkylation sites (tertiary alicyclic amines) is 1. The highest BCUT2D eigenvalue weighted by Crippen LogP contribution is 2.17. The van der Waals surface area contributed by atoms with Gasteiger partial charge >= 0.3 is 6.09 Å². The first-order valence-electron chi connectivity index (χ1n) is 8.77. The van der Waals surface area contributed by atoms with Gasteiger partial charge in [-0.3, -0.25) is 9.59 Å². The first-order valence-corrected chi connectivity index (χ1v) is 8.77.